The van der Waals surface area contributed by atoms with E-state index in [2.05, 4.69) is 199 Å². The summed E-state index contributed by atoms with van der Waals surface area (Å²) in [6, 6.07) is 42.1. The molecular weight excluding hydrogens is 851 g/mol. The van der Waals surface area contributed by atoms with E-state index >= 15 is 0 Å². The number of phenols is 1. The number of benzene rings is 6. The molecule has 2 aromatic heterocycles. The van der Waals surface area contributed by atoms with Crippen molar-refractivity contribution < 1.29 is 17.4 Å². The molecule has 0 fully saturated rings. The number of fused-ring (bicyclic) bond motifs is 1. The first-order valence-corrected chi connectivity index (χ1v) is 24.5. The van der Waals surface area contributed by atoms with Gasteiger partial charge in [0.25, 0.3) is 0 Å². The quantitative estimate of drug-likeness (QED) is 0.181. The standard InChI is InChI=1S/C66H77N3O/c1-61(2,3)46-26-22-41(23-27-46)43-32-33-67-55(37-43)45-34-44(35-49(36-45)64(10,11)12)51-20-19-21-57-58(51)68-60(53-39-50(65(13,14)15)40-54(59(53)70)66(16,17)18)69(57)56-31-30-48(63(7,8)9)38-52(56)42-24-28-47(29-25-42)62(4,5)6/h19-40,70H,1-18H3/i1D3,2D3,3D3. The summed E-state index contributed by atoms with van der Waals surface area (Å²) >= 11 is 0. The van der Waals surface area contributed by atoms with Crippen LogP contribution in [0.4, 0.5) is 0 Å². The molecule has 0 unspecified atom stereocenters. The number of para-hydroxylation sites is 1. The van der Waals surface area contributed by atoms with Crippen LogP contribution in [0.5, 0.6) is 5.75 Å². The van der Waals surface area contributed by atoms with Gasteiger partial charge in [0.15, 0.2) is 0 Å². The molecule has 8 aromatic rings. The van der Waals surface area contributed by atoms with Gasteiger partial charge >= 0.3 is 0 Å². The zero-order chi connectivity index (χ0) is 58.6. The molecule has 6 aromatic carbocycles. The summed E-state index contributed by atoms with van der Waals surface area (Å²) in [6.07, 6.45) is 1.69. The Labute approximate surface area is 433 Å². The van der Waals surface area contributed by atoms with Gasteiger partial charge in [-0.2, -0.15) is 0 Å². The largest absolute Gasteiger partial charge is 0.507 e. The Bertz CT molecular complexity index is 3550. The summed E-state index contributed by atoms with van der Waals surface area (Å²) in [5.74, 6) is 0.791. The second-order valence-corrected chi connectivity index (χ2v) is 24.5. The molecule has 1 N–H and O–H groups in total. The van der Waals surface area contributed by atoms with Crippen LogP contribution in [-0.2, 0) is 32.5 Å². The smallest absolute Gasteiger partial charge is 0.149 e. The van der Waals surface area contributed by atoms with Crippen LogP contribution in [0.15, 0.2) is 134 Å². The molecule has 70 heavy (non-hydrogen) atoms. The van der Waals surface area contributed by atoms with Crippen molar-refractivity contribution in [3.05, 3.63) is 167 Å². The molecule has 0 spiro atoms. The Morgan fingerprint density at radius 2 is 0.971 bits per heavy atom. The Morgan fingerprint density at radius 3 is 1.56 bits per heavy atom. The van der Waals surface area contributed by atoms with Gasteiger partial charge in [-0.1, -0.05) is 203 Å². The summed E-state index contributed by atoms with van der Waals surface area (Å²) in [5.41, 5.74) is 10.6. The molecule has 0 radical (unpaired) electrons. The van der Waals surface area contributed by atoms with Crippen molar-refractivity contribution in [1.29, 1.82) is 0 Å². The molecular formula is C66H77N3O. The number of phenolic OH excluding ortho intramolecular Hbond substituents is 1. The Hall–Kier alpha value is -6.26. The summed E-state index contributed by atoms with van der Waals surface area (Å²) in [4.78, 5) is 10.6. The van der Waals surface area contributed by atoms with E-state index in [1.165, 1.54) is 23.3 Å². The number of hydrogen-bond donors (Lipinski definition) is 1. The summed E-state index contributed by atoms with van der Waals surface area (Å²) in [7, 11) is 0. The first kappa shape index (κ1) is 39.5. The molecule has 0 atom stereocenters. The maximum atomic E-state index is 12.7. The van der Waals surface area contributed by atoms with E-state index in [0.717, 1.165) is 61.2 Å². The lowest BCUT2D eigenvalue weighted by molar-refractivity contribution is 0.446. The van der Waals surface area contributed by atoms with Crippen molar-refractivity contribution in [2.75, 3.05) is 0 Å². The molecule has 0 bridgehead atoms. The van der Waals surface area contributed by atoms with E-state index in [1.54, 1.807) is 18.3 Å². The number of aromatic nitrogens is 3. The molecule has 0 amide bonds. The van der Waals surface area contributed by atoms with Crippen molar-refractivity contribution >= 4 is 11.0 Å². The molecule has 2 heterocycles. The highest BCUT2D eigenvalue weighted by Crippen LogP contribution is 2.46. The average Bonchev–Trinajstić information content (AvgIpc) is 3.48. The molecule has 0 aliphatic rings. The molecule has 0 saturated carbocycles. The predicted octanol–water partition coefficient (Wildman–Crippen LogP) is 18.2. The number of hydrogen-bond acceptors (Lipinski definition) is 3. The molecule has 0 saturated heterocycles. The van der Waals surface area contributed by atoms with Gasteiger partial charge in [-0.3, -0.25) is 9.55 Å². The van der Waals surface area contributed by atoms with Crippen molar-refractivity contribution in [3.8, 4) is 67.5 Å². The number of imidazole rings is 1. The number of pyridine rings is 1. The Morgan fingerprint density at radius 1 is 0.429 bits per heavy atom. The lowest BCUT2D eigenvalue weighted by Gasteiger charge is -2.28. The molecule has 8 rings (SSSR count). The first-order chi connectivity index (χ1) is 36.1. The number of nitrogens with zero attached hydrogens (tertiary/aromatic N) is 3. The van der Waals surface area contributed by atoms with E-state index in [1.807, 2.05) is 12.1 Å². The van der Waals surface area contributed by atoms with Crippen LogP contribution in [0, 0.1) is 0 Å². The normalized spacial score (nSPS) is 15.5. The van der Waals surface area contributed by atoms with Crippen LogP contribution in [0.1, 0.15) is 170 Å². The fourth-order valence-corrected chi connectivity index (χ4v) is 9.19. The fourth-order valence-electron chi connectivity index (χ4n) is 9.19. The second-order valence-electron chi connectivity index (χ2n) is 24.5. The molecule has 0 aliphatic carbocycles. The second kappa shape index (κ2) is 17.5. The van der Waals surface area contributed by atoms with Crippen LogP contribution in [0.2, 0.25) is 0 Å². The van der Waals surface area contributed by atoms with Gasteiger partial charge in [0.05, 0.1) is 28.0 Å². The van der Waals surface area contributed by atoms with Gasteiger partial charge in [-0.15, -0.1) is 0 Å². The van der Waals surface area contributed by atoms with Gasteiger partial charge in [0.1, 0.15) is 11.6 Å². The zero-order valence-electron chi connectivity index (χ0n) is 53.0. The van der Waals surface area contributed by atoms with Crippen LogP contribution in [0.25, 0.3) is 72.7 Å². The monoisotopic (exact) mass is 937 g/mol. The summed E-state index contributed by atoms with van der Waals surface area (Å²) in [5, 5.41) is 12.7. The van der Waals surface area contributed by atoms with Gasteiger partial charge < -0.3 is 5.11 Å². The number of rotatable bonds is 6. The first-order valence-electron chi connectivity index (χ1n) is 29.0. The molecule has 0 aliphatic heterocycles. The average molecular weight is 937 g/mol. The predicted molar refractivity (Wildman–Crippen MR) is 300 cm³/mol. The molecule has 362 valence electrons. The minimum atomic E-state index is -3.37. The lowest BCUT2D eigenvalue weighted by Crippen LogP contribution is -2.17. The minimum absolute atomic E-state index is 0.0400. The zero-order valence-corrected chi connectivity index (χ0v) is 44.0. The highest BCUT2D eigenvalue weighted by Gasteiger charge is 2.30. The van der Waals surface area contributed by atoms with Crippen molar-refractivity contribution in [1.82, 2.24) is 14.5 Å². The van der Waals surface area contributed by atoms with E-state index < -0.39 is 31.4 Å². The van der Waals surface area contributed by atoms with Gasteiger partial charge in [0.2, 0.25) is 0 Å². The van der Waals surface area contributed by atoms with Crippen LogP contribution < -0.4 is 0 Å². The van der Waals surface area contributed by atoms with Gasteiger partial charge in [0, 0.05) is 40.8 Å². The van der Waals surface area contributed by atoms with E-state index in [-0.39, 0.29) is 33.0 Å². The highest BCUT2D eigenvalue weighted by atomic mass is 16.3. The maximum Gasteiger partial charge on any atom is 0.149 e. The van der Waals surface area contributed by atoms with Crippen LogP contribution in [-0.4, -0.2) is 19.6 Å². The van der Waals surface area contributed by atoms with Crippen molar-refractivity contribution in [3.63, 3.8) is 0 Å². The van der Waals surface area contributed by atoms with Crippen LogP contribution >= 0.6 is 0 Å². The maximum absolute atomic E-state index is 12.7. The van der Waals surface area contributed by atoms with Gasteiger partial charge in [-0.25, -0.2) is 4.98 Å². The lowest BCUT2D eigenvalue weighted by atomic mass is 9.79. The van der Waals surface area contributed by atoms with Crippen molar-refractivity contribution in [2.45, 2.75) is 157 Å². The fraction of sp³-hybridized carbons (Fsp3) is 0.364. The van der Waals surface area contributed by atoms with E-state index in [9.17, 15) is 5.11 Å². The topological polar surface area (TPSA) is 50.9 Å². The third kappa shape index (κ3) is 10.0. The van der Waals surface area contributed by atoms with Gasteiger partial charge in [-0.05, 0) is 131 Å². The van der Waals surface area contributed by atoms with E-state index in [4.69, 9.17) is 22.3 Å². The van der Waals surface area contributed by atoms with E-state index in [0.29, 0.717) is 28.2 Å². The van der Waals surface area contributed by atoms with Crippen LogP contribution in [0.3, 0.4) is 0 Å². The minimum Gasteiger partial charge on any atom is -0.507 e. The third-order valence-electron chi connectivity index (χ3n) is 13.7. The highest BCUT2D eigenvalue weighted by molar-refractivity contribution is 5.98. The molecule has 4 nitrogen and oxygen atoms in total. The van der Waals surface area contributed by atoms with Crippen molar-refractivity contribution in [2.24, 2.45) is 0 Å². The summed E-state index contributed by atoms with van der Waals surface area (Å²) in [6.45, 7) is 22.7. The number of aromatic hydroxyl groups is 1. The molecule has 4 heteroatoms. The SMILES string of the molecule is [2H]C([2H])([2H])C(c1ccc(-c2ccnc(-c3cc(-c4cccc5c4nc(-c4cc(C(C)(C)C)cc(C(C)(C)C)c4O)n5-c4ccc(C(C)(C)C)cc4-c4ccc(C(C)(C)C)cc4)cc(C(C)(C)C)c3)c2)cc1)(C([2H])([2H])[2H])C([2H])([2H])[2H]. The summed E-state index contributed by atoms with van der Waals surface area (Å²) < 4.78 is 76.4. The Kier molecular flexibility index (Phi) is 9.89. The Balaban J connectivity index is 1.39. The third-order valence-corrected chi connectivity index (χ3v) is 13.7.